The summed E-state index contributed by atoms with van der Waals surface area (Å²) in [6, 6.07) is 0.764. The van der Waals surface area contributed by atoms with Crippen LogP contribution < -0.4 is 5.32 Å². The summed E-state index contributed by atoms with van der Waals surface area (Å²) in [5.74, 6) is 0.926. The Morgan fingerprint density at radius 3 is 2.54 bits per heavy atom. The van der Waals surface area contributed by atoms with Gasteiger partial charge in [0.25, 0.3) is 0 Å². The first-order valence-corrected chi connectivity index (χ1v) is 5.72. The minimum atomic E-state index is 0.764. The minimum Gasteiger partial charge on any atom is -0.316 e. The van der Waals surface area contributed by atoms with E-state index in [0.717, 1.165) is 12.0 Å². The average Bonchev–Trinajstić information content (AvgIpc) is 2.59. The number of rotatable bonds is 5. The highest BCUT2D eigenvalue weighted by atomic mass is 15.1. The molecule has 1 fully saturated rings. The van der Waals surface area contributed by atoms with E-state index in [0.29, 0.717) is 0 Å². The SMILES string of the molecule is CCN(CC)C(C)CC1CCNC1. The van der Waals surface area contributed by atoms with Gasteiger partial charge in [-0.15, -0.1) is 0 Å². The van der Waals surface area contributed by atoms with Crippen molar-refractivity contribution in [3.8, 4) is 0 Å². The average molecular weight is 184 g/mol. The fourth-order valence-electron chi connectivity index (χ4n) is 2.39. The molecule has 1 aliphatic heterocycles. The molecule has 0 radical (unpaired) electrons. The summed E-state index contributed by atoms with van der Waals surface area (Å²) in [4.78, 5) is 2.55. The molecule has 1 rings (SSSR count). The lowest BCUT2D eigenvalue weighted by molar-refractivity contribution is 0.202. The maximum atomic E-state index is 3.43. The minimum absolute atomic E-state index is 0.764. The zero-order valence-corrected chi connectivity index (χ0v) is 9.34. The molecule has 0 saturated carbocycles. The summed E-state index contributed by atoms with van der Waals surface area (Å²) >= 11 is 0. The van der Waals surface area contributed by atoms with Crippen LogP contribution in [0.3, 0.4) is 0 Å². The molecule has 0 aromatic heterocycles. The molecule has 1 saturated heterocycles. The fraction of sp³-hybridized carbons (Fsp3) is 1.00. The van der Waals surface area contributed by atoms with Crippen molar-refractivity contribution in [1.82, 2.24) is 10.2 Å². The molecule has 0 aromatic rings. The molecule has 1 aliphatic rings. The molecule has 0 spiro atoms. The van der Waals surface area contributed by atoms with Gasteiger partial charge in [0.1, 0.15) is 0 Å². The van der Waals surface area contributed by atoms with Gasteiger partial charge in [-0.2, -0.15) is 0 Å². The third-order valence-corrected chi connectivity index (χ3v) is 3.27. The standard InChI is InChI=1S/C11H24N2/c1-4-13(5-2)10(3)8-11-6-7-12-9-11/h10-12H,4-9H2,1-3H3. The molecular weight excluding hydrogens is 160 g/mol. The summed E-state index contributed by atoms with van der Waals surface area (Å²) in [5, 5.41) is 3.43. The second-order valence-electron chi connectivity index (χ2n) is 4.16. The maximum absolute atomic E-state index is 3.43. The highest BCUT2D eigenvalue weighted by Gasteiger charge is 2.19. The van der Waals surface area contributed by atoms with E-state index in [9.17, 15) is 0 Å². The Balaban J connectivity index is 2.25. The first-order valence-electron chi connectivity index (χ1n) is 5.72. The first-order chi connectivity index (χ1) is 6.27. The lowest BCUT2D eigenvalue weighted by Gasteiger charge is -2.28. The van der Waals surface area contributed by atoms with Crippen molar-refractivity contribution in [2.24, 2.45) is 5.92 Å². The number of hydrogen-bond acceptors (Lipinski definition) is 2. The molecule has 1 heterocycles. The first kappa shape index (κ1) is 11.0. The predicted octanol–water partition coefficient (Wildman–Crippen LogP) is 1.72. The van der Waals surface area contributed by atoms with Gasteiger partial charge in [0.2, 0.25) is 0 Å². The van der Waals surface area contributed by atoms with E-state index in [-0.39, 0.29) is 0 Å². The Hall–Kier alpha value is -0.0800. The zero-order valence-electron chi connectivity index (χ0n) is 9.34. The lowest BCUT2D eigenvalue weighted by atomic mass is 9.99. The van der Waals surface area contributed by atoms with Gasteiger partial charge >= 0.3 is 0 Å². The second-order valence-corrected chi connectivity index (χ2v) is 4.16. The summed E-state index contributed by atoms with van der Waals surface area (Å²) in [5.41, 5.74) is 0. The molecule has 13 heavy (non-hydrogen) atoms. The Kier molecular flexibility index (Phi) is 4.74. The number of hydrogen-bond donors (Lipinski definition) is 1. The summed E-state index contributed by atoms with van der Waals surface area (Å²) in [6.07, 6.45) is 2.75. The van der Waals surface area contributed by atoms with Crippen molar-refractivity contribution in [2.45, 2.75) is 39.7 Å². The van der Waals surface area contributed by atoms with E-state index < -0.39 is 0 Å². The topological polar surface area (TPSA) is 15.3 Å². The van der Waals surface area contributed by atoms with E-state index in [1.807, 2.05) is 0 Å². The highest BCUT2D eigenvalue weighted by Crippen LogP contribution is 2.17. The highest BCUT2D eigenvalue weighted by molar-refractivity contribution is 4.76. The van der Waals surface area contributed by atoms with Crippen LogP contribution in [0.1, 0.15) is 33.6 Å². The van der Waals surface area contributed by atoms with Crippen molar-refractivity contribution < 1.29 is 0 Å². The van der Waals surface area contributed by atoms with Crippen molar-refractivity contribution in [3.05, 3.63) is 0 Å². The summed E-state index contributed by atoms with van der Waals surface area (Å²) in [7, 11) is 0. The third-order valence-electron chi connectivity index (χ3n) is 3.27. The number of nitrogens with one attached hydrogen (secondary N) is 1. The van der Waals surface area contributed by atoms with Gasteiger partial charge in [0.15, 0.2) is 0 Å². The molecule has 2 nitrogen and oxygen atoms in total. The Bertz CT molecular complexity index is 126. The molecule has 2 unspecified atom stereocenters. The van der Waals surface area contributed by atoms with Gasteiger partial charge in [-0.25, -0.2) is 0 Å². The fourth-order valence-corrected chi connectivity index (χ4v) is 2.39. The van der Waals surface area contributed by atoms with E-state index in [1.165, 1.54) is 39.0 Å². The smallest absolute Gasteiger partial charge is 0.00698 e. The van der Waals surface area contributed by atoms with E-state index in [4.69, 9.17) is 0 Å². The molecule has 1 N–H and O–H groups in total. The molecule has 0 aromatic carbocycles. The van der Waals surface area contributed by atoms with Crippen LogP contribution in [0.15, 0.2) is 0 Å². The molecule has 2 atom stereocenters. The van der Waals surface area contributed by atoms with E-state index in [2.05, 4.69) is 31.0 Å². The van der Waals surface area contributed by atoms with Gasteiger partial charge in [0, 0.05) is 6.04 Å². The summed E-state index contributed by atoms with van der Waals surface area (Å²) < 4.78 is 0. The van der Waals surface area contributed by atoms with Crippen molar-refractivity contribution in [1.29, 1.82) is 0 Å². The maximum Gasteiger partial charge on any atom is 0.00698 e. The van der Waals surface area contributed by atoms with Gasteiger partial charge in [0.05, 0.1) is 0 Å². The van der Waals surface area contributed by atoms with Crippen LogP contribution in [0, 0.1) is 5.92 Å². The molecule has 78 valence electrons. The van der Waals surface area contributed by atoms with Crippen molar-refractivity contribution in [3.63, 3.8) is 0 Å². The summed E-state index contributed by atoms with van der Waals surface area (Å²) in [6.45, 7) is 11.7. The molecule has 0 bridgehead atoms. The van der Waals surface area contributed by atoms with Crippen LogP contribution in [0.2, 0.25) is 0 Å². The van der Waals surface area contributed by atoms with Gasteiger partial charge < -0.3 is 10.2 Å². The zero-order chi connectivity index (χ0) is 9.68. The monoisotopic (exact) mass is 184 g/mol. The van der Waals surface area contributed by atoms with Crippen LogP contribution in [0.4, 0.5) is 0 Å². The Morgan fingerprint density at radius 2 is 2.08 bits per heavy atom. The largest absolute Gasteiger partial charge is 0.316 e. The second kappa shape index (κ2) is 5.61. The van der Waals surface area contributed by atoms with Crippen LogP contribution in [-0.4, -0.2) is 37.1 Å². The molecular formula is C11H24N2. The van der Waals surface area contributed by atoms with E-state index in [1.54, 1.807) is 0 Å². The van der Waals surface area contributed by atoms with Gasteiger partial charge in [-0.1, -0.05) is 13.8 Å². The molecule has 0 aliphatic carbocycles. The van der Waals surface area contributed by atoms with Gasteiger partial charge in [-0.3, -0.25) is 0 Å². The van der Waals surface area contributed by atoms with Crippen molar-refractivity contribution in [2.75, 3.05) is 26.2 Å². The third kappa shape index (κ3) is 3.28. The Labute approximate surface area is 82.7 Å². The van der Waals surface area contributed by atoms with Crippen LogP contribution in [-0.2, 0) is 0 Å². The normalized spacial score (nSPS) is 25.4. The molecule has 0 amide bonds. The van der Waals surface area contributed by atoms with Gasteiger partial charge in [-0.05, 0) is 51.9 Å². The lowest BCUT2D eigenvalue weighted by Crippen LogP contribution is -2.34. The van der Waals surface area contributed by atoms with Crippen LogP contribution in [0.5, 0.6) is 0 Å². The van der Waals surface area contributed by atoms with Crippen LogP contribution in [0.25, 0.3) is 0 Å². The quantitative estimate of drug-likeness (QED) is 0.700. The predicted molar refractivity (Wildman–Crippen MR) is 58.0 cm³/mol. The van der Waals surface area contributed by atoms with Crippen molar-refractivity contribution >= 4 is 0 Å². The number of nitrogens with zero attached hydrogens (tertiary/aromatic N) is 1. The van der Waals surface area contributed by atoms with Crippen LogP contribution >= 0.6 is 0 Å². The Morgan fingerprint density at radius 1 is 1.38 bits per heavy atom. The van der Waals surface area contributed by atoms with E-state index >= 15 is 0 Å². The molecule has 2 heteroatoms.